The van der Waals surface area contributed by atoms with E-state index < -0.39 is 0 Å². The summed E-state index contributed by atoms with van der Waals surface area (Å²) < 4.78 is 1.61. The zero-order valence-corrected chi connectivity index (χ0v) is 15.1. The lowest BCUT2D eigenvalue weighted by molar-refractivity contribution is -0.118. The number of pyridine rings is 1. The second kappa shape index (κ2) is 8.70. The number of thioether (sulfide) groups is 1. The van der Waals surface area contributed by atoms with Crippen LogP contribution >= 0.6 is 23.4 Å². The number of nitrogens with zero attached hydrogens (tertiary/aromatic N) is 4. The Labute approximate surface area is 151 Å². The van der Waals surface area contributed by atoms with Gasteiger partial charge in [0.2, 0.25) is 5.91 Å². The summed E-state index contributed by atoms with van der Waals surface area (Å²) >= 11 is 7.82. The monoisotopic (exact) mass is 362 g/mol. The van der Waals surface area contributed by atoms with Gasteiger partial charge in [0, 0.05) is 24.9 Å². The molecule has 126 valence electrons. The first kappa shape index (κ1) is 18.3. The van der Waals surface area contributed by atoms with Gasteiger partial charge in [-0.25, -0.2) is 4.68 Å². The molecular weight excluding hydrogens is 344 g/mol. The topological polar surface area (TPSA) is 51.0 Å². The highest BCUT2D eigenvalue weighted by Gasteiger charge is 2.20. The van der Waals surface area contributed by atoms with Crippen molar-refractivity contribution < 1.29 is 4.79 Å². The fourth-order valence-electron chi connectivity index (χ4n) is 2.06. The highest BCUT2D eigenvalue weighted by molar-refractivity contribution is 8.03. The lowest BCUT2D eigenvalue weighted by Crippen LogP contribution is -2.31. The SMILES string of the molecule is C=CCN(C(=O)CCSC(=C)C)c1cn(-c2cccnc2)nc1Cl. The van der Waals surface area contributed by atoms with Gasteiger partial charge in [0.25, 0.3) is 0 Å². The largest absolute Gasteiger partial charge is 0.304 e. The normalized spacial score (nSPS) is 10.4. The summed E-state index contributed by atoms with van der Waals surface area (Å²) in [7, 11) is 0. The second-order valence-electron chi connectivity index (χ2n) is 5.05. The number of halogens is 1. The Balaban J connectivity index is 2.21. The third kappa shape index (κ3) is 4.72. The highest BCUT2D eigenvalue weighted by Crippen LogP contribution is 2.27. The summed E-state index contributed by atoms with van der Waals surface area (Å²) in [4.78, 5) is 19.2. The van der Waals surface area contributed by atoms with Crippen LogP contribution in [0.1, 0.15) is 13.3 Å². The molecule has 24 heavy (non-hydrogen) atoms. The molecule has 2 rings (SSSR count). The van der Waals surface area contributed by atoms with Gasteiger partial charge in [0.05, 0.1) is 18.1 Å². The molecule has 1 amide bonds. The molecule has 2 aromatic heterocycles. The Hall–Kier alpha value is -2.05. The molecule has 0 aromatic carbocycles. The van der Waals surface area contributed by atoms with Crippen molar-refractivity contribution in [3.63, 3.8) is 0 Å². The van der Waals surface area contributed by atoms with Gasteiger partial charge in [-0.15, -0.1) is 18.3 Å². The van der Waals surface area contributed by atoms with E-state index in [1.807, 2.05) is 19.1 Å². The van der Waals surface area contributed by atoms with Gasteiger partial charge in [0.1, 0.15) is 5.69 Å². The minimum atomic E-state index is -0.0312. The highest BCUT2D eigenvalue weighted by atomic mass is 35.5. The van der Waals surface area contributed by atoms with Gasteiger partial charge >= 0.3 is 0 Å². The van der Waals surface area contributed by atoms with Crippen molar-refractivity contribution in [2.75, 3.05) is 17.2 Å². The molecule has 0 aliphatic carbocycles. The van der Waals surface area contributed by atoms with E-state index in [2.05, 4.69) is 23.2 Å². The molecule has 0 aliphatic heterocycles. The van der Waals surface area contributed by atoms with Gasteiger partial charge in [-0.3, -0.25) is 9.78 Å². The Morgan fingerprint density at radius 2 is 2.33 bits per heavy atom. The maximum atomic E-state index is 12.5. The lowest BCUT2D eigenvalue weighted by Gasteiger charge is -2.19. The number of hydrogen-bond donors (Lipinski definition) is 0. The first-order valence-corrected chi connectivity index (χ1v) is 8.74. The summed E-state index contributed by atoms with van der Waals surface area (Å²) in [6.45, 7) is 9.83. The van der Waals surface area contributed by atoms with Crippen LogP contribution in [0.3, 0.4) is 0 Å². The average Bonchev–Trinajstić information content (AvgIpc) is 2.94. The average molecular weight is 363 g/mol. The Morgan fingerprint density at radius 3 is 2.96 bits per heavy atom. The molecule has 5 nitrogen and oxygen atoms in total. The number of rotatable bonds is 8. The molecule has 0 N–H and O–H groups in total. The van der Waals surface area contributed by atoms with Crippen LogP contribution in [-0.2, 0) is 4.79 Å². The predicted molar refractivity (Wildman–Crippen MR) is 101 cm³/mol. The van der Waals surface area contributed by atoms with Gasteiger partial charge in [-0.05, 0) is 24.0 Å². The number of hydrogen-bond acceptors (Lipinski definition) is 4. The van der Waals surface area contributed by atoms with Crippen LogP contribution in [0.15, 0.2) is 54.9 Å². The number of carbonyl (C=O) groups excluding carboxylic acids is 1. The van der Waals surface area contributed by atoms with Gasteiger partial charge < -0.3 is 4.90 Å². The van der Waals surface area contributed by atoms with Crippen LogP contribution < -0.4 is 4.90 Å². The molecule has 0 saturated heterocycles. The molecular formula is C17H19ClN4OS. The number of amides is 1. The molecule has 0 atom stereocenters. The van der Waals surface area contributed by atoms with Crippen LogP contribution in [0, 0.1) is 0 Å². The minimum Gasteiger partial charge on any atom is -0.304 e. The summed E-state index contributed by atoms with van der Waals surface area (Å²) in [6, 6.07) is 3.68. The Bertz CT molecular complexity index is 729. The van der Waals surface area contributed by atoms with E-state index in [1.54, 1.807) is 46.0 Å². The van der Waals surface area contributed by atoms with Crippen molar-refractivity contribution in [1.29, 1.82) is 0 Å². The Morgan fingerprint density at radius 1 is 1.54 bits per heavy atom. The van der Waals surface area contributed by atoms with Crippen molar-refractivity contribution in [2.45, 2.75) is 13.3 Å². The standard InChI is InChI=1S/C17H19ClN4OS/c1-4-9-21(16(23)7-10-24-13(2)3)15-12-22(20-17(15)18)14-6-5-8-19-11-14/h4-6,8,11-12H,1-2,7,9-10H2,3H3. The Kier molecular flexibility index (Phi) is 6.63. The number of carbonyl (C=O) groups is 1. The first-order chi connectivity index (χ1) is 11.5. The third-order valence-corrected chi connectivity index (χ3v) is 4.30. The van der Waals surface area contributed by atoms with Gasteiger partial charge in [-0.1, -0.05) is 24.3 Å². The molecule has 0 unspecified atom stereocenters. The zero-order valence-electron chi connectivity index (χ0n) is 13.5. The summed E-state index contributed by atoms with van der Waals surface area (Å²) in [6.07, 6.45) is 7.15. The van der Waals surface area contributed by atoms with Crippen molar-refractivity contribution in [3.05, 3.63) is 60.0 Å². The maximum Gasteiger partial charge on any atom is 0.228 e. The molecule has 0 saturated carbocycles. The maximum absolute atomic E-state index is 12.5. The van der Waals surface area contributed by atoms with E-state index in [9.17, 15) is 4.79 Å². The molecule has 2 aromatic rings. The third-order valence-electron chi connectivity index (χ3n) is 3.13. The smallest absolute Gasteiger partial charge is 0.228 e. The number of allylic oxidation sites excluding steroid dienone is 1. The molecule has 0 radical (unpaired) electrons. The lowest BCUT2D eigenvalue weighted by atomic mass is 10.3. The van der Waals surface area contributed by atoms with Gasteiger partial charge in [0.15, 0.2) is 5.15 Å². The van der Waals surface area contributed by atoms with E-state index in [0.29, 0.717) is 24.4 Å². The molecule has 2 heterocycles. The quantitative estimate of drug-likeness (QED) is 0.663. The van der Waals surface area contributed by atoms with Crippen molar-refractivity contribution in [2.24, 2.45) is 0 Å². The van der Waals surface area contributed by atoms with E-state index in [0.717, 1.165) is 10.6 Å². The molecule has 0 bridgehead atoms. The van der Waals surface area contributed by atoms with E-state index >= 15 is 0 Å². The molecule has 0 fully saturated rings. The minimum absolute atomic E-state index is 0.0312. The summed E-state index contributed by atoms with van der Waals surface area (Å²) in [5.41, 5.74) is 1.33. The second-order valence-corrected chi connectivity index (χ2v) is 6.81. The zero-order chi connectivity index (χ0) is 17.5. The number of anilines is 1. The predicted octanol–water partition coefficient (Wildman–Crippen LogP) is 4.10. The molecule has 0 aliphatic rings. The fraction of sp³-hybridized carbons (Fsp3) is 0.235. The van der Waals surface area contributed by atoms with Crippen LogP contribution in [-0.4, -0.2) is 33.0 Å². The number of aromatic nitrogens is 3. The van der Waals surface area contributed by atoms with Crippen molar-refractivity contribution in [1.82, 2.24) is 14.8 Å². The summed E-state index contributed by atoms with van der Waals surface area (Å²) in [5.74, 6) is 0.646. The van der Waals surface area contributed by atoms with Crippen LogP contribution in [0.25, 0.3) is 5.69 Å². The van der Waals surface area contributed by atoms with Crippen LogP contribution in [0.2, 0.25) is 5.15 Å². The van der Waals surface area contributed by atoms with Crippen molar-refractivity contribution >= 4 is 35.0 Å². The van der Waals surface area contributed by atoms with Crippen LogP contribution in [0.5, 0.6) is 0 Å². The van der Waals surface area contributed by atoms with E-state index in [-0.39, 0.29) is 11.1 Å². The summed E-state index contributed by atoms with van der Waals surface area (Å²) in [5, 5.41) is 4.53. The van der Waals surface area contributed by atoms with Crippen molar-refractivity contribution in [3.8, 4) is 5.69 Å². The van der Waals surface area contributed by atoms with E-state index in [1.165, 1.54) is 0 Å². The van der Waals surface area contributed by atoms with E-state index in [4.69, 9.17) is 11.6 Å². The van der Waals surface area contributed by atoms with Gasteiger partial charge in [-0.2, -0.15) is 5.10 Å². The van der Waals surface area contributed by atoms with Crippen LogP contribution in [0.4, 0.5) is 5.69 Å². The fourth-order valence-corrected chi connectivity index (χ4v) is 2.91. The molecule has 0 spiro atoms. The first-order valence-electron chi connectivity index (χ1n) is 7.38. The molecule has 7 heteroatoms.